The molecule has 0 aromatic heterocycles. The molecular weight excluding hydrogens is 1110 g/mol. The minimum atomic E-state index is -4.74. The second kappa shape index (κ2) is 31.0. The number of carbonyl (C=O) groups excluding carboxylic acids is 9. The lowest BCUT2D eigenvalue weighted by Crippen LogP contribution is -2.66. The molecule has 0 saturated heterocycles. The van der Waals surface area contributed by atoms with Crippen molar-refractivity contribution in [3.8, 4) is 0 Å². The Labute approximate surface area is 503 Å². The van der Waals surface area contributed by atoms with Crippen molar-refractivity contribution < 1.29 is 56.3 Å². The molecule has 0 saturated carbocycles. The predicted octanol–water partition coefficient (Wildman–Crippen LogP) is 5.24. The number of primary amides is 1. The highest BCUT2D eigenvalue weighted by molar-refractivity contribution is 7.90. The molecule has 0 radical (unpaired) electrons. The van der Waals surface area contributed by atoms with Gasteiger partial charge in [-0.25, -0.2) is 17.9 Å². The first-order valence-electron chi connectivity index (χ1n) is 29.1. The average molecular weight is 1210 g/mol. The number of benzene rings is 2. The maximum Gasteiger partial charge on any atom is 0.312 e. The molecule has 7 atom stereocenters. The summed E-state index contributed by atoms with van der Waals surface area (Å²) in [7, 11) is -1.43. The van der Waals surface area contributed by atoms with E-state index in [-0.39, 0.29) is 87.0 Å². The Bertz CT molecular complexity index is 2850. The fourth-order valence-corrected chi connectivity index (χ4v) is 11.2. The largest absolute Gasteiger partial charge is 0.380 e. The fourth-order valence-electron chi connectivity index (χ4n) is 9.97. The Morgan fingerprint density at radius 3 is 1.91 bits per heavy atom. The molecule has 7 unspecified atom stereocenters. The first kappa shape index (κ1) is 72.4. The number of amides is 9. The van der Waals surface area contributed by atoms with Crippen LogP contribution >= 0.6 is 0 Å². The summed E-state index contributed by atoms with van der Waals surface area (Å²) in [4.78, 5) is 122. The summed E-state index contributed by atoms with van der Waals surface area (Å²) in [5.74, 6) is -4.90. The van der Waals surface area contributed by atoms with Crippen LogP contribution in [0.3, 0.4) is 0 Å². The molecule has 85 heavy (non-hydrogen) atoms. The molecule has 0 aliphatic carbocycles. The third-order valence-electron chi connectivity index (χ3n) is 16.4. The van der Waals surface area contributed by atoms with Crippen LogP contribution in [0.25, 0.3) is 0 Å². The average Bonchev–Trinajstić information content (AvgIpc) is 3.93. The molecule has 3 rings (SSSR count). The minimum Gasteiger partial charge on any atom is -0.380 e. The van der Waals surface area contributed by atoms with Crippen molar-refractivity contribution in [2.75, 3.05) is 52.3 Å². The Kier molecular flexibility index (Phi) is 26.4. The van der Waals surface area contributed by atoms with Gasteiger partial charge in [-0.1, -0.05) is 139 Å². The summed E-state index contributed by atoms with van der Waals surface area (Å²) in [6, 6.07) is 10.1. The number of urea groups is 1. The number of sulfonamides is 1. The highest BCUT2D eigenvalue weighted by atomic mass is 32.2. The number of nitrogens with one attached hydrogen (secondary N) is 7. The molecule has 22 nitrogen and oxygen atoms in total. The third-order valence-corrected chi connectivity index (χ3v) is 17.8. The number of imide groups is 1. The third kappa shape index (κ3) is 19.9. The summed E-state index contributed by atoms with van der Waals surface area (Å²) >= 11 is 0. The van der Waals surface area contributed by atoms with Crippen LogP contribution in [-0.4, -0.2) is 149 Å². The smallest absolute Gasteiger partial charge is 0.312 e. The summed E-state index contributed by atoms with van der Waals surface area (Å²) in [5.41, 5.74) is 2.14. The second-order valence-electron chi connectivity index (χ2n) is 25.3. The molecule has 9 amide bonds. The van der Waals surface area contributed by atoms with Crippen LogP contribution in [-0.2, 0) is 58.5 Å². The van der Waals surface area contributed by atoms with Gasteiger partial charge >= 0.3 is 6.03 Å². The number of ether oxygens (including phenoxy) is 1. The van der Waals surface area contributed by atoms with E-state index < -0.39 is 102 Å². The number of para-hydroxylation sites is 1. The van der Waals surface area contributed by atoms with Gasteiger partial charge in [0.25, 0.3) is 27.7 Å². The molecule has 1 aliphatic heterocycles. The quantitative estimate of drug-likeness (QED) is 0.0193. The van der Waals surface area contributed by atoms with Crippen LogP contribution in [0.1, 0.15) is 135 Å². The number of hydrogen-bond acceptors (Lipinski definition) is 14. The first-order valence-corrected chi connectivity index (χ1v) is 30.6. The Balaban J connectivity index is 1.83. The number of hydrogen-bond donors (Lipinski definition) is 8. The molecule has 0 fully saturated rings. The Morgan fingerprint density at radius 1 is 0.800 bits per heavy atom. The molecular formula is C62H96N10O12S. The summed E-state index contributed by atoms with van der Waals surface area (Å²) in [6.45, 7) is 26.4. The molecule has 2 aromatic rings. The topological polar surface area (TPSA) is 314 Å². The first-order chi connectivity index (χ1) is 39.5. The van der Waals surface area contributed by atoms with Gasteiger partial charge in [0, 0.05) is 61.7 Å². The van der Waals surface area contributed by atoms with Gasteiger partial charge in [-0.3, -0.25) is 38.5 Å². The molecule has 472 valence electrons. The number of nitrogens with two attached hydrogens (primary N) is 1. The van der Waals surface area contributed by atoms with Crippen molar-refractivity contribution in [3.63, 3.8) is 0 Å². The maximum absolute atomic E-state index is 14.6. The van der Waals surface area contributed by atoms with Crippen LogP contribution in [0.4, 0.5) is 10.5 Å². The normalized spacial score (nSPS) is 16.7. The highest BCUT2D eigenvalue weighted by Gasteiger charge is 2.47. The van der Waals surface area contributed by atoms with Crippen molar-refractivity contribution in [1.82, 2.24) is 41.1 Å². The van der Waals surface area contributed by atoms with E-state index in [2.05, 4.69) is 36.6 Å². The van der Waals surface area contributed by atoms with Crippen molar-refractivity contribution in [3.05, 3.63) is 84.0 Å². The number of likely N-dealkylation sites (N-methyl/N-ethyl adjacent to an activating group) is 2. The SMILES string of the molecule is CCC(C)(COCC(C)(CC)CN1C(=O)C=CC1=O)CC(=O)NC(C(=O)NC(CCCNC(N)=O)C(=O)Nc1ccccc1S(=O)(=O)NC(=O)C(C)=CC(C(C)C)N(C)C(=O)C(NCC(C=O)(NC)C(C)(C)c1ccccc1)C(C)(C)C)C(C)C. The van der Waals surface area contributed by atoms with E-state index in [9.17, 15) is 51.6 Å². The van der Waals surface area contributed by atoms with E-state index in [1.807, 2.05) is 106 Å². The second-order valence-corrected chi connectivity index (χ2v) is 27.0. The van der Waals surface area contributed by atoms with Crippen molar-refractivity contribution in [1.29, 1.82) is 0 Å². The van der Waals surface area contributed by atoms with E-state index in [0.717, 1.165) is 11.8 Å². The number of rotatable bonds is 34. The molecule has 2 aromatic carbocycles. The van der Waals surface area contributed by atoms with Gasteiger partial charge in [-0.05, 0) is 80.0 Å². The predicted molar refractivity (Wildman–Crippen MR) is 328 cm³/mol. The molecule has 0 spiro atoms. The standard InChI is InChI=1S/C62H96N10O12S/c1-17-60(13,38-84-39-61(14,18-2)36-72-49(75)30-31-50(72)76)34-48(74)69-51(41(5)6)55(79)68-45(28-24-32-65-57(63)81)54(78)67-44-27-22-23-29-47(44)85(82,83)70-53(77)42(7)33-46(40(3)4)71(16)56(80)52(58(8,9)10)66-35-62(37-73,64-15)59(11,12)43-25-20-19-21-26-43/h19-23,25-27,29-31,33,37,40-41,45-46,51-52,64,66H,17-18,24,28,32,34-36,38-39H2,1-16H3,(H,67,78)(H,68,79)(H,69,74)(H,70,77)(H3,63,65,81). The van der Waals surface area contributed by atoms with Gasteiger partial charge in [-0.15, -0.1) is 0 Å². The van der Waals surface area contributed by atoms with Gasteiger partial charge in [0.1, 0.15) is 23.3 Å². The lowest BCUT2D eigenvalue weighted by atomic mass is 9.68. The van der Waals surface area contributed by atoms with Crippen LogP contribution in [0.5, 0.6) is 0 Å². The highest BCUT2D eigenvalue weighted by Crippen LogP contribution is 2.35. The van der Waals surface area contributed by atoms with E-state index in [1.165, 1.54) is 59.2 Å². The summed E-state index contributed by atoms with van der Waals surface area (Å²) < 4.78 is 36.6. The minimum absolute atomic E-state index is 0.0199. The van der Waals surface area contributed by atoms with Crippen molar-refractivity contribution in [2.45, 2.75) is 169 Å². The van der Waals surface area contributed by atoms with Gasteiger partial charge in [-0.2, -0.15) is 0 Å². The Hall–Kier alpha value is -6.82. The molecule has 23 heteroatoms. The number of anilines is 1. The Morgan fingerprint density at radius 2 is 1.38 bits per heavy atom. The maximum atomic E-state index is 14.6. The molecule has 1 aliphatic rings. The zero-order valence-corrected chi connectivity index (χ0v) is 53.6. The number of carbonyl (C=O) groups is 9. The van der Waals surface area contributed by atoms with Gasteiger partial charge in [0.2, 0.25) is 23.6 Å². The van der Waals surface area contributed by atoms with E-state index in [1.54, 1.807) is 27.9 Å². The summed E-state index contributed by atoms with van der Waals surface area (Å²) in [6.07, 6.45) is 5.97. The van der Waals surface area contributed by atoms with Crippen LogP contribution in [0.15, 0.2) is 83.3 Å². The van der Waals surface area contributed by atoms with Crippen LogP contribution in [0, 0.1) is 28.1 Å². The van der Waals surface area contributed by atoms with E-state index in [0.29, 0.717) is 12.8 Å². The van der Waals surface area contributed by atoms with Gasteiger partial charge in [0.05, 0.1) is 36.5 Å². The van der Waals surface area contributed by atoms with Gasteiger partial charge < -0.3 is 52.1 Å². The van der Waals surface area contributed by atoms with Crippen molar-refractivity contribution >= 4 is 69.4 Å². The molecule has 9 N–H and O–H groups in total. The fraction of sp³-hybridized carbons (Fsp3) is 0.597. The lowest BCUT2D eigenvalue weighted by molar-refractivity contribution is -0.140. The summed E-state index contributed by atoms with van der Waals surface area (Å²) in [5, 5.41) is 17.2. The van der Waals surface area contributed by atoms with Crippen molar-refractivity contribution in [2.24, 2.45) is 33.8 Å². The molecule has 1 heterocycles. The number of aldehydes is 1. The van der Waals surface area contributed by atoms with E-state index >= 15 is 0 Å². The number of nitrogens with zero attached hydrogens (tertiary/aromatic N) is 2. The van der Waals surface area contributed by atoms with Crippen LogP contribution < -0.4 is 42.4 Å². The van der Waals surface area contributed by atoms with Crippen LogP contribution in [0.2, 0.25) is 0 Å². The molecule has 0 bridgehead atoms. The zero-order chi connectivity index (χ0) is 64.5. The zero-order valence-electron chi connectivity index (χ0n) is 52.8. The monoisotopic (exact) mass is 1200 g/mol. The lowest BCUT2D eigenvalue weighted by Gasteiger charge is -2.45. The van der Waals surface area contributed by atoms with E-state index in [4.69, 9.17) is 10.5 Å². The van der Waals surface area contributed by atoms with Gasteiger partial charge in [0.15, 0.2) is 0 Å².